The molecule has 0 saturated carbocycles. The molecule has 0 aliphatic carbocycles. The molecule has 0 spiro atoms. The number of rotatable bonds is 13. The van der Waals surface area contributed by atoms with Crippen molar-refractivity contribution in [2.45, 2.75) is 45.7 Å². The molecule has 0 fully saturated rings. The average Bonchev–Trinajstić information content (AvgIpc) is 2.82. The minimum atomic E-state index is -3.64. The fourth-order valence-electron chi connectivity index (χ4n) is 3.62. The fraction of sp³-hybridized carbons (Fsp3) is 0.440. The van der Waals surface area contributed by atoms with E-state index in [2.05, 4.69) is 5.32 Å². The van der Waals surface area contributed by atoms with Gasteiger partial charge in [0.15, 0.2) is 0 Å². The van der Waals surface area contributed by atoms with Gasteiger partial charge < -0.3 is 15.0 Å². The number of hydrogen-bond acceptors (Lipinski definition) is 5. The van der Waals surface area contributed by atoms with Crippen LogP contribution in [-0.4, -0.2) is 57.6 Å². The number of halogens is 2. The summed E-state index contributed by atoms with van der Waals surface area (Å²) in [5, 5.41) is 3.64. The number of nitrogens with zero attached hydrogens (tertiary/aromatic N) is 2. The van der Waals surface area contributed by atoms with Gasteiger partial charge in [-0.2, -0.15) is 0 Å². The van der Waals surface area contributed by atoms with Crippen LogP contribution in [0.1, 0.15) is 38.7 Å². The van der Waals surface area contributed by atoms with E-state index in [1.54, 1.807) is 37.3 Å². The molecule has 198 valence electrons. The van der Waals surface area contributed by atoms with Crippen molar-refractivity contribution in [3.05, 3.63) is 58.1 Å². The molecule has 8 nitrogen and oxygen atoms in total. The number of anilines is 1. The van der Waals surface area contributed by atoms with Crippen LogP contribution in [0.25, 0.3) is 0 Å². The molecule has 0 aliphatic heterocycles. The van der Waals surface area contributed by atoms with E-state index in [0.29, 0.717) is 23.0 Å². The maximum absolute atomic E-state index is 13.3. The lowest BCUT2D eigenvalue weighted by molar-refractivity contribution is -0.140. The van der Waals surface area contributed by atoms with Crippen LogP contribution in [0.3, 0.4) is 0 Å². The summed E-state index contributed by atoms with van der Waals surface area (Å²) < 4.78 is 31.3. The maximum Gasteiger partial charge on any atom is 0.242 e. The summed E-state index contributed by atoms with van der Waals surface area (Å²) in [6.45, 7) is 4.40. The summed E-state index contributed by atoms with van der Waals surface area (Å²) in [5.74, 6) is -0.0933. The summed E-state index contributed by atoms with van der Waals surface area (Å²) >= 11 is 12.3. The van der Waals surface area contributed by atoms with E-state index in [1.807, 2.05) is 13.0 Å². The zero-order valence-electron chi connectivity index (χ0n) is 21.0. The molecule has 36 heavy (non-hydrogen) atoms. The average molecular weight is 559 g/mol. The van der Waals surface area contributed by atoms with Crippen molar-refractivity contribution in [2.24, 2.45) is 0 Å². The van der Waals surface area contributed by atoms with Crippen molar-refractivity contribution in [2.75, 3.05) is 30.8 Å². The third-order valence-electron chi connectivity index (χ3n) is 5.53. The van der Waals surface area contributed by atoms with Gasteiger partial charge in [0.2, 0.25) is 21.8 Å². The number of amides is 2. The molecule has 0 heterocycles. The highest BCUT2D eigenvalue weighted by atomic mass is 35.5. The Hall–Kier alpha value is -2.49. The van der Waals surface area contributed by atoms with Gasteiger partial charge in [0.25, 0.3) is 0 Å². The van der Waals surface area contributed by atoms with Gasteiger partial charge in [0.1, 0.15) is 11.8 Å². The number of carbonyl (C=O) groups is 2. The Balaban J connectivity index is 2.18. The number of nitrogens with one attached hydrogen (secondary N) is 1. The Morgan fingerprint density at radius 1 is 1.14 bits per heavy atom. The van der Waals surface area contributed by atoms with Crippen LogP contribution in [-0.2, 0) is 26.2 Å². The standard InChI is InChI=1S/C25H33Cl2N3O5S/c1-5-13-28-25(32)18(2)29(17-19-8-6-9-20(26)15-19)24(31)10-7-14-30(36(4,33)34)21-11-12-23(35-3)22(27)16-21/h6,8-9,11-12,15-16,18H,5,7,10,13-14,17H2,1-4H3,(H,28,32)/t18-/m0/s1. The van der Waals surface area contributed by atoms with Gasteiger partial charge in [0.05, 0.1) is 24.1 Å². The lowest BCUT2D eigenvalue weighted by Crippen LogP contribution is -2.47. The second-order valence-corrected chi connectivity index (χ2v) is 11.1. The lowest BCUT2D eigenvalue weighted by Gasteiger charge is -2.29. The molecule has 0 unspecified atom stereocenters. The molecule has 11 heteroatoms. The fourth-order valence-corrected chi connectivity index (χ4v) is 5.05. The molecule has 2 aromatic carbocycles. The zero-order chi connectivity index (χ0) is 26.9. The second kappa shape index (κ2) is 13.7. The Bertz CT molecular complexity index is 1160. The summed E-state index contributed by atoms with van der Waals surface area (Å²) in [6, 6.07) is 11.1. The SMILES string of the molecule is CCCNC(=O)[C@H](C)N(Cc1cccc(Cl)c1)C(=O)CCCN(c1ccc(OC)c(Cl)c1)S(C)(=O)=O. The molecular weight excluding hydrogens is 525 g/mol. The summed E-state index contributed by atoms with van der Waals surface area (Å²) in [7, 11) is -2.16. The second-order valence-electron chi connectivity index (χ2n) is 8.38. The Morgan fingerprint density at radius 2 is 1.86 bits per heavy atom. The van der Waals surface area contributed by atoms with E-state index in [0.717, 1.165) is 18.2 Å². The van der Waals surface area contributed by atoms with Crippen LogP contribution in [0, 0.1) is 0 Å². The van der Waals surface area contributed by atoms with Gasteiger partial charge in [0, 0.05) is 31.1 Å². The zero-order valence-corrected chi connectivity index (χ0v) is 23.3. The maximum atomic E-state index is 13.3. The third-order valence-corrected chi connectivity index (χ3v) is 7.26. The van der Waals surface area contributed by atoms with Crippen molar-refractivity contribution in [1.82, 2.24) is 10.2 Å². The normalized spacial score (nSPS) is 12.1. The topological polar surface area (TPSA) is 96.0 Å². The van der Waals surface area contributed by atoms with Crippen LogP contribution in [0.4, 0.5) is 5.69 Å². The van der Waals surface area contributed by atoms with Gasteiger partial charge in [-0.1, -0.05) is 42.3 Å². The molecule has 0 bridgehead atoms. The molecule has 0 aliphatic rings. The first-order valence-electron chi connectivity index (χ1n) is 11.6. The van der Waals surface area contributed by atoms with E-state index >= 15 is 0 Å². The molecule has 2 rings (SSSR count). The highest BCUT2D eigenvalue weighted by Crippen LogP contribution is 2.30. The van der Waals surface area contributed by atoms with E-state index < -0.39 is 16.1 Å². The highest BCUT2D eigenvalue weighted by molar-refractivity contribution is 7.92. The first-order valence-corrected chi connectivity index (χ1v) is 14.2. The largest absolute Gasteiger partial charge is 0.495 e. The number of benzene rings is 2. The number of ether oxygens (including phenoxy) is 1. The molecule has 0 saturated heterocycles. The van der Waals surface area contributed by atoms with Crippen LogP contribution < -0.4 is 14.4 Å². The van der Waals surface area contributed by atoms with Gasteiger partial charge in [-0.25, -0.2) is 8.42 Å². The number of sulfonamides is 1. The van der Waals surface area contributed by atoms with Crippen molar-refractivity contribution in [3.8, 4) is 5.75 Å². The lowest BCUT2D eigenvalue weighted by atomic mass is 10.1. The monoisotopic (exact) mass is 557 g/mol. The minimum Gasteiger partial charge on any atom is -0.495 e. The molecule has 0 aromatic heterocycles. The van der Waals surface area contributed by atoms with E-state index in [4.69, 9.17) is 27.9 Å². The molecule has 0 radical (unpaired) electrons. The van der Waals surface area contributed by atoms with Crippen molar-refractivity contribution in [1.29, 1.82) is 0 Å². The Labute approximate surface area is 223 Å². The third kappa shape index (κ3) is 8.57. The quantitative estimate of drug-likeness (QED) is 0.391. The highest BCUT2D eigenvalue weighted by Gasteiger charge is 2.26. The van der Waals surface area contributed by atoms with E-state index in [1.165, 1.54) is 22.4 Å². The van der Waals surface area contributed by atoms with E-state index in [-0.39, 0.29) is 42.8 Å². The van der Waals surface area contributed by atoms with Crippen LogP contribution in [0.2, 0.25) is 10.0 Å². The Kier molecular flexibility index (Phi) is 11.3. The molecule has 2 aromatic rings. The predicted molar refractivity (Wildman–Crippen MR) is 144 cm³/mol. The van der Waals surface area contributed by atoms with Crippen LogP contribution in [0.15, 0.2) is 42.5 Å². The number of carbonyl (C=O) groups excluding carboxylic acids is 2. The molecule has 1 N–H and O–H groups in total. The summed E-state index contributed by atoms with van der Waals surface area (Å²) in [6.07, 6.45) is 2.16. The first kappa shape index (κ1) is 29.7. The van der Waals surface area contributed by atoms with Gasteiger partial charge in [-0.15, -0.1) is 0 Å². The van der Waals surface area contributed by atoms with Gasteiger partial charge in [-0.05, 0) is 55.7 Å². The van der Waals surface area contributed by atoms with Crippen molar-refractivity contribution in [3.63, 3.8) is 0 Å². The van der Waals surface area contributed by atoms with Crippen molar-refractivity contribution >= 4 is 50.7 Å². The van der Waals surface area contributed by atoms with Gasteiger partial charge in [-0.3, -0.25) is 13.9 Å². The number of hydrogen-bond donors (Lipinski definition) is 1. The van der Waals surface area contributed by atoms with Crippen LogP contribution >= 0.6 is 23.2 Å². The Morgan fingerprint density at radius 3 is 2.44 bits per heavy atom. The molecule has 1 atom stereocenters. The van der Waals surface area contributed by atoms with Gasteiger partial charge >= 0.3 is 0 Å². The van der Waals surface area contributed by atoms with Crippen molar-refractivity contribution < 1.29 is 22.7 Å². The predicted octanol–water partition coefficient (Wildman–Crippen LogP) is 4.49. The molecular formula is C25H33Cl2N3O5S. The van der Waals surface area contributed by atoms with E-state index in [9.17, 15) is 18.0 Å². The number of methoxy groups -OCH3 is 1. The van der Waals surface area contributed by atoms with Crippen LogP contribution in [0.5, 0.6) is 5.75 Å². The minimum absolute atomic E-state index is 0.0435. The molecule has 2 amide bonds. The summed E-state index contributed by atoms with van der Waals surface area (Å²) in [5.41, 5.74) is 1.16. The summed E-state index contributed by atoms with van der Waals surface area (Å²) in [4.78, 5) is 27.4. The first-order chi connectivity index (χ1) is 17.0. The smallest absolute Gasteiger partial charge is 0.242 e.